The third-order valence-electron chi connectivity index (χ3n) is 2.88. The molecule has 1 aromatic carbocycles. The number of ether oxygens (including phenoxy) is 1. The maximum Gasteiger partial charge on any atom is 0.326 e. The quantitative estimate of drug-likeness (QED) is 0.498. The summed E-state index contributed by atoms with van der Waals surface area (Å²) >= 11 is 0. The molecule has 1 atom stereocenters. The van der Waals surface area contributed by atoms with Gasteiger partial charge in [-0.2, -0.15) is 0 Å². The predicted molar refractivity (Wildman–Crippen MR) is 69.6 cm³/mol. The molecule has 0 aliphatic heterocycles. The Kier molecular flexibility index (Phi) is 3.69. The minimum absolute atomic E-state index is 0.412. The number of carbonyl (C=O) groups is 1. The van der Waals surface area contributed by atoms with Crippen LogP contribution in [0, 0.1) is 0 Å². The van der Waals surface area contributed by atoms with E-state index in [1.54, 1.807) is 6.07 Å². The van der Waals surface area contributed by atoms with Crippen molar-refractivity contribution >= 4 is 29.8 Å². The third-order valence-corrected chi connectivity index (χ3v) is 2.88. The summed E-state index contributed by atoms with van der Waals surface area (Å²) in [6.07, 6.45) is 2.23. The number of benzene rings is 1. The highest BCUT2D eigenvalue weighted by molar-refractivity contribution is 6.45. The van der Waals surface area contributed by atoms with Crippen LogP contribution in [0.2, 0.25) is 0 Å². The molecule has 18 heavy (non-hydrogen) atoms. The van der Waals surface area contributed by atoms with Gasteiger partial charge < -0.3 is 20.5 Å². The summed E-state index contributed by atoms with van der Waals surface area (Å²) in [7, 11) is 2.36. The molecule has 0 amide bonds. The summed E-state index contributed by atoms with van der Waals surface area (Å²) in [6.45, 7) is 0. The number of hydrogen-bond donors (Lipinski definition) is 3. The first-order valence-electron chi connectivity index (χ1n) is 5.56. The van der Waals surface area contributed by atoms with Crippen LogP contribution in [-0.2, 0) is 16.0 Å². The molecule has 0 spiro atoms. The number of hydrogen-bond acceptors (Lipinski definition) is 4. The van der Waals surface area contributed by atoms with Gasteiger partial charge in [-0.25, -0.2) is 0 Å². The number of aromatic amines is 1. The topological polar surface area (TPSA) is 88.3 Å². The number of fused-ring (bicyclic) bond motifs is 1. The van der Waals surface area contributed by atoms with Crippen LogP contribution in [0.15, 0.2) is 24.4 Å². The fourth-order valence-corrected chi connectivity index (χ4v) is 1.92. The van der Waals surface area contributed by atoms with Crippen molar-refractivity contribution in [3.05, 3.63) is 30.0 Å². The minimum Gasteiger partial charge on any atom is -0.468 e. The summed E-state index contributed by atoms with van der Waals surface area (Å²) in [6, 6.07) is 4.83. The average molecular weight is 245 g/mol. The second kappa shape index (κ2) is 5.24. The summed E-state index contributed by atoms with van der Waals surface area (Å²) in [5.41, 5.74) is 8.29. The van der Waals surface area contributed by atoms with E-state index in [1.807, 2.05) is 18.3 Å². The lowest BCUT2D eigenvalue weighted by molar-refractivity contribution is -0.142. The summed E-state index contributed by atoms with van der Waals surface area (Å²) in [4.78, 5) is 14.4. The van der Waals surface area contributed by atoms with Crippen molar-refractivity contribution < 1.29 is 14.6 Å². The van der Waals surface area contributed by atoms with E-state index < -0.39 is 12.0 Å². The normalized spacial score (nSPS) is 12.4. The summed E-state index contributed by atoms with van der Waals surface area (Å²) < 4.78 is 4.60. The number of carbonyl (C=O) groups excluding carboxylic acids is 1. The molecule has 1 radical (unpaired) electrons. The van der Waals surface area contributed by atoms with Gasteiger partial charge in [0.1, 0.15) is 6.04 Å². The summed E-state index contributed by atoms with van der Waals surface area (Å²) in [5.74, 6) is -0.426. The highest BCUT2D eigenvalue weighted by atomic mass is 16.5. The molecule has 6 heteroatoms. The van der Waals surface area contributed by atoms with Gasteiger partial charge >= 0.3 is 13.5 Å². The smallest absolute Gasteiger partial charge is 0.326 e. The van der Waals surface area contributed by atoms with Crippen LogP contribution in [-0.4, -0.2) is 36.6 Å². The van der Waals surface area contributed by atoms with E-state index in [2.05, 4.69) is 9.72 Å². The monoisotopic (exact) mass is 245 g/mol. The van der Waals surface area contributed by atoms with Crippen LogP contribution >= 0.6 is 0 Å². The lowest BCUT2D eigenvalue weighted by Crippen LogP contribution is -2.33. The molecule has 0 bridgehead atoms. The van der Waals surface area contributed by atoms with Crippen molar-refractivity contribution in [2.45, 2.75) is 12.5 Å². The second-order valence-corrected chi connectivity index (χ2v) is 4.08. The van der Waals surface area contributed by atoms with Gasteiger partial charge in [-0.15, -0.1) is 0 Å². The van der Waals surface area contributed by atoms with Crippen molar-refractivity contribution in [2.75, 3.05) is 7.11 Å². The Hall–Kier alpha value is -1.79. The van der Waals surface area contributed by atoms with Gasteiger partial charge in [0.2, 0.25) is 0 Å². The van der Waals surface area contributed by atoms with Crippen LogP contribution in [0.4, 0.5) is 0 Å². The van der Waals surface area contributed by atoms with Crippen molar-refractivity contribution in [1.29, 1.82) is 0 Å². The number of esters is 1. The van der Waals surface area contributed by atoms with Crippen molar-refractivity contribution in [1.82, 2.24) is 4.98 Å². The number of H-pyrrole nitrogens is 1. The zero-order valence-corrected chi connectivity index (χ0v) is 10.0. The number of nitrogens with two attached hydrogens (primary N) is 1. The van der Waals surface area contributed by atoms with Crippen molar-refractivity contribution in [2.24, 2.45) is 5.73 Å². The van der Waals surface area contributed by atoms with Crippen LogP contribution in [0.1, 0.15) is 5.56 Å². The Morgan fingerprint density at radius 3 is 3.06 bits per heavy atom. The number of methoxy groups -OCH3 is 1. The van der Waals surface area contributed by atoms with Crippen molar-refractivity contribution in [3.63, 3.8) is 0 Å². The molecule has 0 saturated carbocycles. The Balaban J connectivity index is 2.27. The molecule has 0 aliphatic rings. The number of rotatable bonds is 4. The number of nitrogens with one attached hydrogen (secondary N) is 1. The first-order chi connectivity index (χ1) is 8.65. The molecule has 4 N–H and O–H groups in total. The Morgan fingerprint density at radius 2 is 2.39 bits per heavy atom. The molecule has 1 aromatic heterocycles. The average Bonchev–Trinajstić information content (AvgIpc) is 2.80. The van der Waals surface area contributed by atoms with Gasteiger partial charge in [-0.3, -0.25) is 4.79 Å². The highest BCUT2D eigenvalue weighted by Crippen LogP contribution is 2.18. The number of aromatic nitrogens is 1. The van der Waals surface area contributed by atoms with Gasteiger partial charge in [0.15, 0.2) is 0 Å². The van der Waals surface area contributed by atoms with Crippen LogP contribution in [0.3, 0.4) is 0 Å². The van der Waals surface area contributed by atoms with E-state index in [-0.39, 0.29) is 0 Å². The molecule has 0 saturated heterocycles. The molecule has 2 rings (SSSR count). The largest absolute Gasteiger partial charge is 0.468 e. The molecular weight excluding hydrogens is 231 g/mol. The first kappa shape index (κ1) is 12.7. The van der Waals surface area contributed by atoms with E-state index in [4.69, 9.17) is 10.8 Å². The van der Waals surface area contributed by atoms with Gasteiger partial charge in [-0.05, 0) is 11.6 Å². The van der Waals surface area contributed by atoms with Crippen LogP contribution in [0.5, 0.6) is 0 Å². The Labute approximate surface area is 105 Å². The second-order valence-electron chi connectivity index (χ2n) is 4.08. The molecular formula is C12H14BN2O3. The first-order valence-corrected chi connectivity index (χ1v) is 5.56. The summed E-state index contributed by atoms with van der Waals surface area (Å²) in [5, 5.41) is 9.92. The zero-order valence-electron chi connectivity index (χ0n) is 10.0. The third kappa shape index (κ3) is 2.39. The molecule has 0 aliphatic carbocycles. The Morgan fingerprint density at radius 1 is 1.61 bits per heavy atom. The zero-order chi connectivity index (χ0) is 13.1. The van der Waals surface area contributed by atoms with E-state index >= 15 is 0 Å². The minimum atomic E-state index is -0.668. The predicted octanol–water partition coefficient (Wildman–Crippen LogP) is -0.552. The lowest BCUT2D eigenvalue weighted by Gasteiger charge is -2.08. The molecule has 1 heterocycles. The molecule has 93 valence electrons. The van der Waals surface area contributed by atoms with Gasteiger partial charge in [-0.1, -0.05) is 17.6 Å². The molecule has 0 unspecified atom stereocenters. The van der Waals surface area contributed by atoms with Crippen LogP contribution < -0.4 is 11.2 Å². The maximum atomic E-state index is 11.3. The molecule has 2 aromatic rings. The van der Waals surface area contributed by atoms with Crippen LogP contribution in [0.25, 0.3) is 10.9 Å². The van der Waals surface area contributed by atoms with E-state index in [0.29, 0.717) is 11.9 Å². The van der Waals surface area contributed by atoms with E-state index in [0.717, 1.165) is 23.9 Å². The fourth-order valence-electron chi connectivity index (χ4n) is 1.92. The lowest BCUT2D eigenvalue weighted by atomic mass is 9.88. The van der Waals surface area contributed by atoms with E-state index in [1.165, 1.54) is 7.11 Å². The SMILES string of the molecule is COC(=O)[C@@H](N)Cc1c[nH]c2cc([B]O)ccc12. The van der Waals surface area contributed by atoms with Gasteiger partial charge in [0, 0.05) is 23.5 Å². The maximum absolute atomic E-state index is 11.3. The van der Waals surface area contributed by atoms with E-state index in [9.17, 15) is 4.79 Å². The molecule has 5 nitrogen and oxygen atoms in total. The fraction of sp³-hybridized carbons (Fsp3) is 0.250. The van der Waals surface area contributed by atoms with Gasteiger partial charge in [0.05, 0.1) is 7.11 Å². The standard InChI is InChI=1S/C12H14BN2O3/c1-18-12(16)10(14)4-7-6-15-11-5-8(13-17)2-3-9(7)11/h2-3,5-6,10,15,17H,4,14H2,1H3/t10-/m0/s1. The molecule has 0 fully saturated rings. The van der Waals surface area contributed by atoms with Crippen molar-refractivity contribution in [3.8, 4) is 0 Å². The highest BCUT2D eigenvalue weighted by Gasteiger charge is 2.16. The van der Waals surface area contributed by atoms with Gasteiger partial charge in [0.25, 0.3) is 0 Å². The Bertz CT molecular complexity index is 567.